The Kier molecular flexibility index (Phi) is 7.28. The summed E-state index contributed by atoms with van der Waals surface area (Å²) in [7, 11) is 0. The van der Waals surface area contributed by atoms with Crippen molar-refractivity contribution >= 4 is 21.9 Å². The molecular formula is C26H31BrO4. The molecule has 4 nitrogen and oxygen atoms in total. The number of ether oxygens (including phenoxy) is 2. The van der Waals surface area contributed by atoms with Crippen LogP contribution in [0.5, 0.6) is 5.75 Å². The van der Waals surface area contributed by atoms with Crippen LogP contribution in [0.4, 0.5) is 0 Å². The van der Waals surface area contributed by atoms with Gasteiger partial charge in [0, 0.05) is 17.4 Å². The van der Waals surface area contributed by atoms with Gasteiger partial charge in [0.25, 0.3) is 0 Å². The molecule has 1 aliphatic rings. The van der Waals surface area contributed by atoms with E-state index in [0.29, 0.717) is 5.75 Å². The van der Waals surface area contributed by atoms with Gasteiger partial charge in [-0.3, -0.25) is 0 Å². The molecule has 0 aromatic heterocycles. The van der Waals surface area contributed by atoms with Crippen LogP contribution in [0.15, 0.2) is 47.0 Å². The topological polar surface area (TPSA) is 55.8 Å². The van der Waals surface area contributed by atoms with Gasteiger partial charge < -0.3 is 14.6 Å². The molecule has 1 saturated heterocycles. The van der Waals surface area contributed by atoms with Crippen LogP contribution < -0.4 is 4.74 Å². The SMILES string of the molecule is C=C(C)[C@H]1C[C@H](c2ccc(C)cc2C)[C@H](C)O[C@@H]1c1cc(C)cc(Br)c1OCC(=O)O. The van der Waals surface area contributed by atoms with E-state index in [2.05, 4.69) is 61.5 Å². The van der Waals surface area contributed by atoms with Crippen molar-refractivity contribution in [3.8, 4) is 5.75 Å². The normalized spacial score (nSPS) is 23.4. The van der Waals surface area contributed by atoms with Gasteiger partial charge >= 0.3 is 5.97 Å². The summed E-state index contributed by atoms with van der Waals surface area (Å²) < 4.78 is 13.1. The van der Waals surface area contributed by atoms with Crippen LogP contribution in [-0.4, -0.2) is 23.8 Å². The summed E-state index contributed by atoms with van der Waals surface area (Å²) in [4.78, 5) is 11.1. The van der Waals surface area contributed by atoms with E-state index >= 15 is 0 Å². The van der Waals surface area contributed by atoms with Crippen LogP contribution >= 0.6 is 15.9 Å². The molecule has 2 aromatic rings. The molecule has 1 heterocycles. The highest BCUT2D eigenvalue weighted by molar-refractivity contribution is 9.10. The lowest BCUT2D eigenvalue weighted by Gasteiger charge is -2.42. The number of hydrogen-bond acceptors (Lipinski definition) is 3. The molecule has 2 aromatic carbocycles. The third kappa shape index (κ3) is 5.21. The molecule has 0 amide bonds. The maximum atomic E-state index is 11.1. The second-order valence-electron chi connectivity index (χ2n) is 8.76. The minimum absolute atomic E-state index is 0.00591. The summed E-state index contributed by atoms with van der Waals surface area (Å²) in [5, 5.41) is 9.12. The average molecular weight is 487 g/mol. The summed E-state index contributed by atoms with van der Waals surface area (Å²) in [5.41, 5.74) is 6.82. The summed E-state index contributed by atoms with van der Waals surface area (Å²) in [6.45, 7) is 14.3. The van der Waals surface area contributed by atoms with Gasteiger partial charge in [-0.1, -0.05) is 35.9 Å². The lowest BCUT2D eigenvalue weighted by atomic mass is 9.75. The first-order valence-corrected chi connectivity index (χ1v) is 11.4. The first-order chi connectivity index (χ1) is 14.6. The van der Waals surface area contributed by atoms with Crippen molar-refractivity contribution in [3.05, 3.63) is 74.8 Å². The van der Waals surface area contributed by atoms with E-state index in [1.165, 1.54) is 16.7 Å². The highest BCUT2D eigenvalue weighted by Crippen LogP contribution is 2.49. The van der Waals surface area contributed by atoms with Crippen molar-refractivity contribution in [1.29, 1.82) is 0 Å². The van der Waals surface area contributed by atoms with Gasteiger partial charge in [-0.25, -0.2) is 4.79 Å². The molecule has 0 spiro atoms. The smallest absolute Gasteiger partial charge is 0.341 e. The van der Waals surface area contributed by atoms with E-state index in [0.717, 1.165) is 27.6 Å². The number of hydrogen-bond donors (Lipinski definition) is 1. The Morgan fingerprint density at radius 3 is 2.52 bits per heavy atom. The second kappa shape index (κ2) is 9.58. The molecule has 1 fully saturated rings. The maximum Gasteiger partial charge on any atom is 0.341 e. The third-order valence-electron chi connectivity index (χ3n) is 6.12. The average Bonchev–Trinajstić information content (AvgIpc) is 2.66. The maximum absolute atomic E-state index is 11.1. The number of halogens is 1. The van der Waals surface area contributed by atoms with Crippen molar-refractivity contribution in [1.82, 2.24) is 0 Å². The Morgan fingerprint density at radius 1 is 1.19 bits per heavy atom. The third-order valence-corrected chi connectivity index (χ3v) is 6.71. The van der Waals surface area contributed by atoms with Gasteiger partial charge in [0.2, 0.25) is 0 Å². The van der Waals surface area contributed by atoms with Crippen LogP contribution in [0, 0.1) is 26.7 Å². The monoisotopic (exact) mass is 486 g/mol. The van der Waals surface area contributed by atoms with E-state index < -0.39 is 12.6 Å². The van der Waals surface area contributed by atoms with E-state index in [1.807, 2.05) is 26.0 Å². The van der Waals surface area contributed by atoms with Crippen LogP contribution in [0.3, 0.4) is 0 Å². The summed E-state index contributed by atoms with van der Waals surface area (Å²) >= 11 is 3.56. The fraction of sp³-hybridized carbons (Fsp3) is 0.423. The molecule has 0 bridgehead atoms. The molecule has 5 heteroatoms. The van der Waals surface area contributed by atoms with Crippen LogP contribution in [0.25, 0.3) is 0 Å². The van der Waals surface area contributed by atoms with Crippen molar-refractivity contribution in [2.24, 2.45) is 5.92 Å². The van der Waals surface area contributed by atoms with E-state index in [4.69, 9.17) is 14.6 Å². The fourth-order valence-corrected chi connectivity index (χ4v) is 5.34. The quantitative estimate of drug-likeness (QED) is 0.463. The van der Waals surface area contributed by atoms with Crippen LogP contribution in [-0.2, 0) is 9.53 Å². The molecule has 0 saturated carbocycles. The summed E-state index contributed by atoms with van der Waals surface area (Å²) in [5.74, 6) is -0.137. The lowest BCUT2D eigenvalue weighted by Crippen LogP contribution is -2.35. The molecule has 1 aliphatic heterocycles. The van der Waals surface area contributed by atoms with Crippen LogP contribution in [0.2, 0.25) is 0 Å². The zero-order valence-corrected chi connectivity index (χ0v) is 20.5. The Balaban J connectivity index is 2.01. The predicted molar refractivity (Wildman–Crippen MR) is 127 cm³/mol. The van der Waals surface area contributed by atoms with Gasteiger partial charge in [0.15, 0.2) is 6.61 Å². The Hall–Kier alpha value is -2.11. The van der Waals surface area contributed by atoms with E-state index in [9.17, 15) is 4.79 Å². The van der Waals surface area contributed by atoms with E-state index in [1.54, 1.807) is 0 Å². The molecule has 166 valence electrons. The van der Waals surface area contributed by atoms with Crippen LogP contribution in [0.1, 0.15) is 60.1 Å². The number of carbonyl (C=O) groups is 1. The van der Waals surface area contributed by atoms with Crippen molar-refractivity contribution < 1.29 is 19.4 Å². The van der Waals surface area contributed by atoms with Crippen molar-refractivity contribution in [2.45, 2.75) is 59.2 Å². The molecular weight excluding hydrogens is 456 g/mol. The number of carboxylic acid groups (broad SMARTS) is 1. The number of rotatable bonds is 6. The summed E-state index contributed by atoms with van der Waals surface area (Å²) in [6.07, 6.45) is 0.651. The summed E-state index contributed by atoms with van der Waals surface area (Å²) in [6, 6.07) is 10.6. The molecule has 0 unspecified atom stereocenters. The first-order valence-electron chi connectivity index (χ1n) is 10.6. The Bertz CT molecular complexity index is 997. The second-order valence-corrected chi connectivity index (χ2v) is 9.62. The van der Waals surface area contributed by atoms with Crippen molar-refractivity contribution in [3.63, 3.8) is 0 Å². The van der Waals surface area contributed by atoms with E-state index in [-0.39, 0.29) is 24.0 Å². The first kappa shape index (κ1) is 23.6. The van der Waals surface area contributed by atoms with Gasteiger partial charge in [0.05, 0.1) is 16.7 Å². The zero-order chi connectivity index (χ0) is 22.9. The number of carboxylic acids is 1. The molecule has 31 heavy (non-hydrogen) atoms. The Labute approximate surface area is 193 Å². The minimum Gasteiger partial charge on any atom is -0.480 e. The predicted octanol–water partition coefficient (Wildman–Crippen LogP) is 6.66. The molecule has 4 atom stereocenters. The molecule has 0 radical (unpaired) electrons. The largest absolute Gasteiger partial charge is 0.480 e. The lowest BCUT2D eigenvalue weighted by molar-refractivity contribution is -0.139. The zero-order valence-electron chi connectivity index (χ0n) is 18.9. The number of aryl methyl sites for hydroxylation is 3. The standard InChI is InChI=1S/C26H31BrO4/c1-14(2)20-12-21(19-8-7-15(3)9-17(19)5)18(6)31-25(20)22-10-16(4)11-23(27)26(22)30-13-24(28)29/h7-11,18,20-21,25H,1,12-13H2,2-6H3,(H,28,29)/t18-,20+,21-,25-/m0/s1. The van der Waals surface area contributed by atoms with Gasteiger partial charge in [-0.15, -0.1) is 0 Å². The number of benzene rings is 2. The highest BCUT2D eigenvalue weighted by Gasteiger charge is 2.40. The van der Waals surface area contributed by atoms with Gasteiger partial charge in [-0.2, -0.15) is 0 Å². The fourth-order valence-electron chi connectivity index (χ4n) is 4.63. The minimum atomic E-state index is -1.01. The molecule has 0 aliphatic carbocycles. The Morgan fingerprint density at radius 2 is 1.90 bits per heavy atom. The van der Waals surface area contributed by atoms with Crippen molar-refractivity contribution in [2.75, 3.05) is 6.61 Å². The molecule has 3 rings (SSSR count). The molecule has 1 N–H and O–H groups in total. The van der Waals surface area contributed by atoms with Gasteiger partial charge in [-0.05, 0) is 85.8 Å². The number of aliphatic carboxylic acids is 1. The van der Waals surface area contributed by atoms with Gasteiger partial charge in [0.1, 0.15) is 5.75 Å². The highest BCUT2D eigenvalue weighted by atomic mass is 79.9.